The van der Waals surface area contributed by atoms with Crippen LogP contribution in [0.4, 0.5) is 10.1 Å². The van der Waals surface area contributed by atoms with Crippen molar-refractivity contribution >= 4 is 11.7 Å². The summed E-state index contributed by atoms with van der Waals surface area (Å²) >= 11 is 0. The largest absolute Gasteiger partial charge is 0.493 e. The Morgan fingerprint density at radius 2 is 1.58 bits per heavy atom. The van der Waals surface area contributed by atoms with Gasteiger partial charge in [-0.05, 0) is 94.2 Å². The molecule has 1 spiro atoms. The lowest BCUT2D eigenvalue weighted by Gasteiger charge is -2.42. The van der Waals surface area contributed by atoms with E-state index < -0.39 is 0 Å². The third-order valence-corrected chi connectivity index (χ3v) is 9.52. The Bertz CT molecular complexity index is 1410. The van der Waals surface area contributed by atoms with Crippen LogP contribution in [0.25, 0.3) is 11.1 Å². The summed E-state index contributed by atoms with van der Waals surface area (Å²) in [5.74, 6) is 0.326. The number of aromatic nitrogens is 1. The number of pyridine rings is 1. The number of esters is 1. The summed E-state index contributed by atoms with van der Waals surface area (Å²) in [5.41, 5.74) is 7.33. The van der Waals surface area contributed by atoms with Gasteiger partial charge in [0.15, 0.2) is 0 Å². The molecule has 1 saturated heterocycles. The van der Waals surface area contributed by atoms with Crippen molar-refractivity contribution in [3.8, 4) is 16.9 Å². The highest BCUT2D eigenvalue weighted by atomic mass is 19.1. The Labute approximate surface area is 256 Å². The highest BCUT2D eigenvalue weighted by Crippen LogP contribution is 2.48. The number of piperidine rings is 1. The summed E-state index contributed by atoms with van der Waals surface area (Å²) < 4.78 is 25.3. The fourth-order valence-electron chi connectivity index (χ4n) is 7.02. The van der Waals surface area contributed by atoms with Crippen LogP contribution < -0.4 is 9.64 Å². The molecule has 0 atom stereocenters. The fourth-order valence-corrected chi connectivity index (χ4v) is 7.02. The molecule has 1 aliphatic heterocycles. The van der Waals surface area contributed by atoms with Crippen LogP contribution in [0.5, 0.6) is 5.75 Å². The number of ether oxygens (including phenoxy) is 2. The molecular weight excluding hydrogens is 539 g/mol. The molecule has 1 saturated carbocycles. The summed E-state index contributed by atoms with van der Waals surface area (Å²) in [6, 6.07) is 14.8. The SMILES string of the molecule is Cc1nc(C)c(-c2ccc(OCC(C)(C)c3ccc(F)cc3)cc2)c(N2CCC3(CCCC3)CC2)c1CC(=O)OC(C)C. The smallest absolute Gasteiger partial charge is 0.310 e. The average Bonchev–Trinajstić information content (AvgIpc) is 3.42. The number of nitrogens with zero attached hydrogens (tertiary/aromatic N) is 2. The van der Waals surface area contributed by atoms with Gasteiger partial charge in [-0.2, -0.15) is 0 Å². The van der Waals surface area contributed by atoms with Crippen LogP contribution in [0.3, 0.4) is 0 Å². The zero-order chi connectivity index (χ0) is 30.8. The van der Waals surface area contributed by atoms with Gasteiger partial charge >= 0.3 is 5.97 Å². The third-order valence-electron chi connectivity index (χ3n) is 9.52. The minimum Gasteiger partial charge on any atom is -0.493 e. The Morgan fingerprint density at radius 1 is 0.953 bits per heavy atom. The van der Waals surface area contributed by atoms with Crippen molar-refractivity contribution in [2.45, 2.75) is 98.0 Å². The van der Waals surface area contributed by atoms with Crippen LogP contribution >= 0.6 is 0 Å². The number of anilines is 1. The molecular formula is C37H47FN2O3. The predicted molar refractivity (Wildman–Crippen MR) is 171 cm³/mol. The van der Waals surface area contributed by atoms with Gasteiger partial charge in [-0.15, -0.1) is 0 Å². The maximum absolute atomic E-state index is 13.4. The second-order valence-electron chi connectivity index (χ2n) is 13.6. The Morgan fingerprint density at radius 3 is 2.19 bits per heavy atom. The fraction of sp³-hybridized carbons (Fsp3) is 0.514. The van der Waals surface area contributed by atoms with Gasteiger partial charge in [0.05, 0.1) is 24.8 Å². The highest BCUT2D eigenvalue weighted by molar-refractivity contribution is 5.87. The van der Waals surface area contributed by atoms with Crippen LogP contribution in [0.2, 0.25) is 0 Å². The number of hydrogen-bond acceptors (Lipinski definition) is 5. The van der Waals surface area contributed by atoms with E-state index in [0.29, 0.717) is 12.0 Å². The Hall–Kier alpha value is -3.41. The van der Waals surface area contributed by atoms with E-state index in [0.717, 1.165) is 58.2 Å². The molecule has 0 unspecified atom stereocenters. The lowest BCUT2D eigenvalue weighted by Crippen LogP contribution is -2.40. The number of hydrogen-bond donors (Lipinski definition) is 0. The molecule has 43 heavy (non-hydrogen) atoms. The number of carbonyl (C=O) groups excluding carboxylic acids is 1. The van der Waals surface area contributed by atoms with E-state index in [1.54, 1.807) is 0 Å². The van der Waals surface area contributed by atoms with Crippen LogP contribution in [0.1, 0.15) is 88.7 Å². The maximum Gasteiger partial charge on any atom is 0.310 e. The molecule has 2 aliphatic rings. The second-order valence-corrected chi connectivity index (χ2v) is 13.6. The number of carbonyl (C=O) groups is 1. The van der Waals surface area contributed by atoms with Gasteiger partial charge in [-0.25, -0.2) is 4.39 Å². The topological polar surface area (TPSA) is 51.7 Å². The van der Waals surface area contributed by atoms with E-state index in [4.69, 9.17) is 14.5 Å². The maximum atomic E-state index is 13.4. The van der Waals surface area contributed by atoms with Crippen LogP contribution in [0, 0.1) is 25.1 Å². The van der Waals surface area contributed by atoms with E-state index in [9.17, 15) is 9.18 Å². The number of rotatable bonds is 9. The molecule has 3 aromatic rings. The van der Waals surface area contributed by atoms with Crippen molar-refractivity contribution in [3.63, 3.8) is 0 Å². The minimum atomic E-state index is -0.276. The standard InChI is InChI=1S/C37H47FN2O3/c1-25(2)43-33(41)23-32-26(3)39-27(4)34(35(32)40-21-19-37(20-22-40)17-7-8-18-37)28-9-15-31(16-10-28)42-24-36(5,6)29-11-13-30(38)14-12-29/h9-16,25H,7-8,17-24H2,1-6H3. The molecule has 2 fully saturated rings. The van der Waals surface area contributed by atoms with Crippen molar-refractivity contribution in [2.24, 2.45) is 5.41 Å². The van der Waals surface area contributed by atoms with E-state index in [2.05, 4.69) is 37.8 Å². The molecule has 0 bridgehead atoms. The average molecular weight is 587 g/mol. The van der Waals surface area contributed by atoms with Crippen molar-refractivity contribution in [3.05, 3.63) is 76.9 Å². The molecule has 5 nitrogen and oxygen atoms in total. The zero-order valence-corrected chi connectivity index (χ0v) is 26.8. The van der Waals surface area contributed by atoms with Gasteiger partial charge in [0, 0.05) is 41.0 Å². The molecule has 6 heteroatoms. The lowest BCUT2D eigenvalue weighted by molar-refractivity contribution is -0.146. The van der Waals surface area contributed by atoms with Crippen molar-refractivity contribution in [1.29, 1.82) is 0 Å². The first-order valence-corrected chi connectivity index (χ1v) is 15.9. The third kappa shape index (κ3) is 7.05. The number of aryl methyl sites for hydroxylation is 2. The summed E-state index contributed by atoms with van der Waals surface area (Å²) in [6.07, 6.45) is 7.82. The molecule has 2 heterocycles. The minimum absolute atomic E-state index is 0.160. The first-order chi connectivity index (χ1) is 20.5. The van der Waals surface area contributed by atoms with Gasteiger partial charge in [0.2, 0.25) is 0 Å². The van der Waals surface area contributed by atoms with E-state index >= 15 is 0 Å². The molecule has 230 valence electrons. The summed E-state index contributed by atoms with van der Waals surface area (Å²) in [5, 5.41) is 0. The van der Waals surface area contributed by atoms with Gasteiger partial charge < -0.3 is 14.4 Å². The number of benzene rings is 2. The van der Waals surface area contributed by atoms with E-state index in [1.165, 1.54) is 50.7 Å². The zero-order valence-electron chi connectivity index (χ0n) is 26.8. The van der Waals surface area contributed by atoms with Gasteiger partial charge in [-0.3, -0.25) is 9.78 Å². The van der Waals surface area contributed by atoms with Crippen LogP contribution in [-0.4, -0.2) is 36.8 Å². The van der Waals surface area contributed by atoms with Gasteiger partial charge in [0.25, 0.3) is 0 Å². The summed E-state index contributed by atoms with van der Waals surface area (Å²) in [7, 11) is 0. The molecule has 0 amide bonds. The predicted octanol–water partition coefficient (Wildman–Crippen LogP) is 8.52. The van der Waals surface area contributed by atoms with Crippen molar-refractivity contribution in [1.82, 2.24) is 4.98 Å². The molecule has 1 aromatic heterocycles. The highest BCUT2D eigenvalue weighted by Gasteiger charge is 2.38. The molecule has 0 N–H and O–H groups in total. The Kier molecular flexibility index (Phi) is 9.15. The summed E-state index contributed by atoms with van der Waals surface area (Å²) in [6.45, 7) is 14.5. The second kappa shape index (κ2) is 12.7. The molecule has 2 aromatic carbocycles. The first-order valence-electron chi connectivity index (χ1n) is 15.9. The van der Waals surface area contributed by atoms with Crippen molar-refractivity contribution in [2.75, 3.05) is 24.6 Å². The first kappa shape index (κ1) is 31.0. The van der Waals surface area contributed by atoms with Crippen LogP contribution in [-0.2, 0) is 21.4 Å². The molecule has 1 aliphatic carbocycles. The van der Waals surface area contributed by atoms with Crippen molar-refractivity contribution < 1.29 is 18.7 Å². The summed E-state index contributed by atoms with van der Waals surface area (Å²) in [4.78, 5) is 20.4. The normalized spacial score (nSPS) is 16.6. The van der Waals surface area contributed by atoms with Gasteiger partial charge in [0.1, 0.15) is 11.6 Å². The van der Waals surface area contributed by atoms with E-state index in [-0.39, 0.29) is 29.7 Å². The monoisotopic (exact) mass is 586 g/mol. The van der Waals surface area contributed by atoms with Crippen LogP contribution in [0.15, 0.2) is 48.5 Å². The molecule has 5 rings (SSSR count). The number of halogens is 1. The quantitative estimate of drug-likeness (QED) is 0.235. The van der Waals surface area contributed by atoms with E-state index in [1.807, 2.05) is 45.0 Å². The molecule has 0 radical (unpaired) electrons. The Balaban J connectivity index is 1.44. The lowest BCUT2D eigenvalue weighted by atomic mass is 9.76. The van der Waals surface area contributed by atoms with Gasteiger partial charge in [-0.1, -0.05) is 51.0 Å².